The molecule has 0 spiro atoms. The second-order valence-electron chi connectivity index (χ2n) is 7.24. The Kier molecular flexibility index (Phi) is 5.90. The highest BCUT2D eigenvalue weighted by atomic mass is 32.1. The number of esters is 1. The van der Waals surface area contributed by atoms with Gasteiger partial charge in [-0.1, -0.05) is 23.5 Å². The van der Waals surface area contributed by atoms with Crippen LogP contribution >= 0.6 is 11.3 Å². The van der Waals surface area contributed by atoms with Crippen molar-refractivity contribution in [3.63, 3.8) is 0 Å². The van der Waals surface area contributed by atoms with Gasteiger partial charge in [-0.05, 0) is 36.8 Å². The van der Waals surface area contributed by atoms with Crippen LogP contribution in [0.2, 0.25) is 0 Å². The highest BCUT2D eigenvalue weighted by Crippen LogP contribution is 2.31. The van der Waals surface area contributed by atoms with Crippen molar-refractivity contribution in [3.05, 3.63) is 111 Å². The summed E-state index contributed by atoms with van der Waals surface area (Å²) in [6.07, 6.45) is 1.41. The first-order valence-corrected chi connectivity index (χ1v) is 10.6. The highest BCUT2D eigenvalue weighted by Gasteiger charge is 2.33. The van der Waals surface area contributed by atoms with E-state index in [1.54, 1.807) is 13.0 Å². The third-order valence-corrected chi connectivity index (χ3v) is 6.25. The molecule has 1 aliphatic heterocycles. The van der Waals surface area contributed by atoms with E-state index < -0.39 is 27.4 Å². The Hall–Kier alpha value is -4.45. The van der Waals surface area contributed by atoms with Gasteiger partial charge in [0.05, 0.1) is 44.4 Å². The predicted molar refractivity (Wildman–Crippen MR) is 122 cm³/mol. The van der Waals surface area contributed by atoms with Gasteiger partial charge in [-0.25, -0.2) is 9.79 Å². The average molecular weight is 480 g/mol. The quantitative estimate of drug-likeness (QED) is 0.309. The largest absolute Gasteiger partial charge is 0.466 e. The number of nitro groups is 2. The van der Waals surface area contributed by atoms with Crippen LogP contribution in [0.5, 0.6) is 0 Å². The normalized spacial score (nSPS) is 15.5. The fourth-order valence-corrected chi connectivity index (χ4v) is 4.74. The number of rotatable bonds is 5. The van der Waals surface area contributed by atoms with Crippen molar-refractivity contribution in [2.24, 2.45) is 4.99 Å². The number of hydrogen-bond donors (Lipinski definition) is 0. The Morgan fingerprint density at radius 1 is 1.12 bits per heavy atom. The summed E-state index contributed by atoms with van der Waals surface area (Å²) in [4.78, 5) is 52.1. The van der Waals surface area contributed by atoms with Crippen LogP contribution in [-0.4, -0.2) is 27.5 Å². The van der Waals surface area contributed by atoms with Crippen LogP contribution in [0.4, 0.5) is 11.4 Å². The molecule has 12 heteroatoms. The smallest absolute Gasteiger partial charge is 0.338 e. The number of non-ortho nitro benzene ring substituents is 1. The molecule has 0 fully saturated rings. The van der Waals surface area contributed by atoms with E-state index in [9.17, 15) is 29.8 Å². The number of fused-ring (bicyclic) bond motifs is 1. The van der Waals surface area contributed by atoms with E-state index in [1.807, 2.05) is 0 Å². The molecule has 1 atom stereocenters. The molecular formula is C22H16N4O7S. The number of ether oxygens (including phenoxy) is 1. The molecule has 0 saturated heterocycles. The fraction of sp³-hybridized carbons (Fsp3) is 0.136. The summed E-state index contributed by atoms with van der Waals surface area (Å²) < 4.78 is 6.39. The third-order valence-electron chi connectivity index (χ3n) is 5.27. The molecule has 2 aromatic carbocycles. The minimum Gasteiger partial charge on any atom is -0.466 e. The molecule has 0 aliphatic carbocycles. The first-order valence-electron chi connectivity index (χ1n) is 9.81. The van der Waals surface area contributed by atoms with E-state index in [4.69, 9.17) is 4.74 Å². The summed E-state index contributed by atoms with van der Waals surface area (Å²) in [7, 11) is 1.20. The molecule has 172 valence electrons. The molecule has 0 bridgehead atoms. The van der Waals surface area contributed by atoms with Gasteiger partial charge in [-0.15, -0.1) is 0 Å². The number of carbonyl (C=O) groups is 1. The maximum atomic E-state index is 13.5. The number of thiazole rings is 1. The second kappa shape index (κ2) is 8.83. The molecule has 0 radical (unpaired) electrons. The molecular weight excluding hydrogens is 464 g/mol. The van der Waals surface area contributed by atoms with Crippen molar-refractivity contribution in [2.45, 2.75) is 13.0 Å². The highest BCUT2D eigenvalue weighted by molar-refractivity contribution is 7.07. The Bertz CT molecular complexity index is 1550. The van der Waals surface area contributed by atoms with Crippen molar-refractivity contribution in [1.29, 1.82) is 0 Å². The standard InChI is InChI=1S/C22H16N4O7S/c1-12-18(21(28)33-2)19(13-7-9-15(10-8-13)25(29)30)24-20(27)17(34-22(24)23-12)11-14-5-3-4-6-16(14)26(31)32/h3-11,19H,1-2H3. The summed E-state index contributed by atoms with van der Waals surface area (Å²) in [6.45, 7) is 1.60. The summed E-state index contributed by atoms with van der Waals surface area (Å²) in [6, 6.07) is 10.5. The number of allylic oxidation sites excluding steroid dienone is 1. The number of aromatic nitrogens is 1. The van der Waals surface area contributed by atoms with Crippen LogP contribution in [0.25, 0.3) is 6.08 Å². The number of hydrogen-bond acceptors (Lipinski definition) is 9. The zero-order chi connectivity index (χ0) is 24.6. The number of nitro benzene ring substituents is 2. The lowest BCUT2D eigenvalue weighted by Crippen LogP contribution is -2.39. The molecule has 34 heavy (non-hydrogen) atoms. The number of carbonyl (C=O) groups excluding carboxylic acids is 1. The van der Waals surface area contributed by atoms with Gasteiger partial charge in [0.25, 0.3) is 16.9 Å². The second-order valence-corrected chi connectivity index (χ2v) is 8.25. The molecule has 0 amide bonds. The van der Waals surface area contributed by atoms with Crippen LogP contribution in [0, 0.1) is 20.2 Å². The number of benzene rings is 2. The molecule has 1 aliphatic rings. The number of para-hydroxylation sites is 1. The Balaban J connectivity index is 1.97. The van der Waals surface area contributed by atoms with E-state index >= 15 is 0 Å². The number of methoxy groups -OCH3 is 1. The van der Waals surface area contributed by atoms with Gasteiger partial charge < -0.3 is 4.74 Å². The maximum Gasteiger partial charge on any atom is 0.338 e. The molecule has 3 aromatic rings. The molecule has 1 aromatic heterocycles. The fourth-order valence-electron chi connectivity index (χ4n) is 3.70. The lowest BCUT2D eigenvalue weighted by Gasteiger charge is -2.24. The summed E-state index contributed by atoms with van der Waals surface area (Å²) in [5.41, 5.74) is 0.306. The van der Waals surface area contributed by atoms with E-state index in [1.165, 1.54) is 60.2 Å². The van der Waals surface area contributed by atoms with E-state index in [0.29, 0.717) is 11.3 Å². The minimum absolute atomic E-state index is 0.112. The SMILES string of the molecule is COC(=O)C1=C(C)N=c2sc(=Cc3ccccc3[N+](=O)[O-])c(=O)n2C1c1ccc([N+](=O)[O-])cc1. The van der Waals surface area contributed by atoms with Crippen LogP contribution < -0.4 is 14.9 Å². The van der Waals surface area contributed by atoms with Crippen molar-refractivity contribution in [1.82, 2.24) is 4.57 Å². The van der Waals surface area contributed by atoms with Gasteiger partial charge in [-0.2, -0.15) is 0 Å². The summed E-state index contributed by atoms with van der Waals surface area (Å²) in [5.74, 6) is -0.697. The van der Waals surface area contributed by atoms with Crippen molar-refractivity contribution in [2.75, 3.05) is 7.11 Å². The topological polar surface area (TPSA) is 147 Å². The van der Waals surface area contributed by atoms with Gasteiger partial charge in [0.15, 0.2) is 4.80 Å². The molecule has 0 saturated carbocycles. The van der Waals surface area contributed by atoms with Gasteiger partial charge in [0.2, 0.25) is 0 Å². The minimum atomic E-state index is -0.947. The average Bonchev–Trinajstić information content (AvgIpc) is 3.12. The zero-order valence-electron chi connectivity index (χ0n) is 17.8. The molecule has 4 rings (SSSR count). The lowest BCUT2D eigenvalue weighted by molar-refractivity contribution is -0.385. The maximum absolute atomic E-state index is 13.5. The molecule has 2 heterocycles. The van der Waals surface area contributed by atoms with Crippen LogP contribution in [0.3, 0.4) is 0 Å². The zero-order valence-corrected chi connectivity index (χ0v) is 18.6. The monoisotopic (exact) mass is 480 g/mol. The Morgan fingerprint density at radius 2 is 1.79 bits per heavy atom. The van der Waals surface area contributed by atoms with E-state index in [-0.39, 0.29) is 31.8 Å². The van der Waals surface area contributed by atoms with Crippen LogP contribution in [0.15, 0.2) is 69.6 Å². The van der Waals surface area contributed by atoms with Gasteiger partial charge in [0, 0.05) is 18.2 Å². The summed E-state index contributed by atoms with van der Waals surface area (Å²) in [5, 5.41) is 22.4. The van der Waals surface area contributed by atoms with Gasteiger partial charge >= 0.3 is 5.97 Å². The van der Waals surface area contributed by atoms with E-state index in [0.717, 1.165) is 11.3 Å². The molecule has 1 unspecified atom stereocenters. The first-order chi connectivity index (χ1) is 16.2. The van der Waals surface area contributed by atoms with Gasteiger partial charge in [-0.3, -0.25) is 29.6 Å². The number of nitrogens with zero attached hydrogens (tertiary/aromatic N) is 4. The van der Waals surface area contributed by atoms with Crippen molar-refractivity contribution in [3.8, 4) is 0 Å². The third kappa shape index (κ3) is 3.90. The lowest BCUT2D eigenvalue weighted by atomic mass is 9.96. The van der Waals surface area contributed by atoms with Gasteiger partial charge in [0.1, 0.15) is 0 Å². The Labute approximate surface area is 194 Å². The molecule has 11 nitrogen and oxygen atoms in total. The summed E-state index contributed by atoms with van der Waals surface area (Å²) >= 11 is 1.02. The van der Waals surface area contributed by atoms with Crippen LogP contribution in [-0.2, 0) is 9.53 Å². The van der Waals surface area contributed by atoms with E-state index in [2.05, 4.69) is 4.99 Å². The van der Waals surface area contributed by atoms with Crippen molar-refractivity contribution < 1.29 is 19.4 Å². The molecule has 0 N–H and O–H groups in total. The van der Waals surface area contributed by atoms with Crippen molar-refractivity contribution >= 4 is 34.8 Å². The predicted octanol–water partition coefficient (Wildman–Crippen LogP) is 2.22. The van der Waals surface area contributed by atoms with Crippen LogP contribution in [0.1, 0.15) is 24.1 Å². The Morgan fingerprint density at radius 3 is 2.41 bits per heavy atom. The first kappa shape index (κ1) is 22.7.